The summed E-state index contributed by atoms with van der Waals surface area (Å²) in [6, 6.07) is 3.59. The van der Waals surface area contributed by atoms with Crippen LogP contribution in [0.15, 0.2) is 12.1 Å². The molecule has 98 valence electrons. The minimum Gasteiger partial charge on any atom is -0.507 e. The lowest BCUT2D eigenvalue weighted by molar-refractivity contribution is -0.922. The Labute approximate surface area is 107 Å². The molecule has 0 saturated carbocycles. The molecule has 1 fully saturated rings. The van der Waals surface area contributed by atoms with E-state index in [9.17, 15) is 5.11 Å². The van der Waals surface area contributed by atoms with E-state index in [1.54, 1.807) is 11.0 Å². The molecule has 2 N–H and O–H groups in total. The van der Waals surface area contributed by atoms with E-state index in [1.165, 1.54) is 25.9 Å². The molecule has 2 aliphatic rings. The van der Waals surface area contributed by atoms with Crippen LogP contribution in [0.5, 0.6) is 17.2 Å². The molecule has 0 aromatic heterocycles. The van der Waals surface area contributed by atoms with Gasteiger partial charge in [0.05, 0.1) is 18.7 Å². The maximum absolute atomic E-state index is 10.0. The fourth-order valence-corrected chi connectivity index (χ4v) is 2.94. The van der Waals surface area contributed by atoms with Gasteiger partial charge in [0.15, 0.2) is 11.5 Å². The molecule has 18 heavy (non-hydrogen) atoms. The van der Waals surface area contributed by atoms with Crippen molar-refractivity contribution in [3.8, 4) is 17.2 Å². The van der Waals surface area contributed by atoms with Gasteiger partial charge < -0.3 is 19.5 Å². The van der Waals surface area contributed by atoms with Gasteiger partial charge in [-0.1, -0.05) is 6.92 Å². The third-order valence-electron chi connectivity index (χ3n) is 3.88. The van der Waals surface area contributed by atoms with Crippen molar-refractivity contribution in [3.63, 3.8) is 0 Å². The van der Waals surface area contributed by atoms with Gasteiger partial charge >= 0.3 is 0 Å². The van der Waals surface area contributed by atoms with Crippen LogP contribution in [0, 0.1) is 5.92 Å². The SMILES string of the molecule is C[C@@H]1CCC[NH+](Cc2cc3c(cc2O)OCO3)C1. The van der Waals surface area contributed by atoms with Gasteiger partial charge in [0.25, 0.3) is 0 Å². The van der Waals surface area contributed by atoms with E-state index < -0.39 is 0 Å². The first-order valence-corrected chi connectivity index (χ1v) is 6.67. The standard InChI is InChI=1S/C14H19NO3/c1-10-3-2-4-15(7-10)8-11-5-13-14(6-12(11)16)18-9-17-13/h5-6,10,16H,2-4,7-9H2,1H3/p+1/t10-/m1/s1. The van der Waals surface area contributed by atoms with E-state index in [2.05, 4.69) is 6.92 Å². The van der Waals surface area contributed by atoms with E-state index in [0.29, 0.717) is 11.5 Å². The molecule has 2 heterocycles. The molecule has 1 aromatic rings. The number of hydrogen-bond donors (Lipinski definition) is 2. The Hall–Kier alpha value is -1.42. The van der Waals surface area contributed by atoms with Crippen LogP contribution in [0.3, 0.4) is 0 Å². The summed E-state index contributed by atoms with van der Waals surface area (Å²) in [4.78, 5) is 1.54. The third-order valence-corrected chi connectivity index (χ3v) is 3.88. The van der Waals surface area contributed by atoms with E-state index in [1.807, 2.05) is 6.07 Å². The summed E-state index contributed by atoms with van der Waals surface area (Å²) >= 11 is 0. The summed E-state index contributed by atoms with van der Waals surface area (Å²) in [5.74, 6) is 2.51. The Bertz CT molecular complexity index is 447. The number of aromatic hydroxyl groups is 1. The van der Waals surface area contributed by atoms with Crippen LogP contribution in [-0.2, 0) is 6.54 Å². The lowest BCUT2D eigenvalue weighted by Crippen LogP contribution is -3.12. The fraction of sp³-hybridized carbons (Fsp3) is 0.571. The van der Waals surface area contributed by atoms with Crippen molar-refractivity contribution in [2.45, 2.75) is 26.3 Å². The van der Waals surface area contributed by atoms with Gasteiger partial charge in [-0.25, -0.2) is 0 Å². The van der Waals surface area contributed by atoms with E-state index >= 15 is 0 Å². The summed E-state index contributed by atoms with van der Waals surface area (Å²) in [6.07, 6.45) is 2.61. The molecule has 0 spiro atoms. The topological polar surface area (TPSA) is 43.1 Å². The molecule has 4 nitrogen and oxygen atoms in total. The van der Waals surface area contributed by atoms with Crippen LogP contribution < -0.4 is 14.4 Å². The molecule has 1 saturated heterocycles. The van der Waals surface area contributed by atoms with Crippen LogP contribution in [0.2, 0.25) is 0 Å². The monoisotopic (exact) mass is 250 g/mol. The first kappa shape index (κ1) is 11.7. The maximum atomic E-state index is 10.0. The molecule has 0 bridgehead atoms. The Morgan fingerprint density at radius 3 is 2.89 bits per heavy atom. The summed E-state index contributed by atoms with van der Waals surface area (Å²) in [6.45, 7) is 5.81. The third kappa shape index (κ3) is 2.25. The molecule has 2 aliphatic heterocycles. The Morgan fingerprint density at radius 1 is 1.33 bits per heavy atom. The largest absolute Gasteiger partial charge is 0.507 e. The predicted molar refractivity (Wildman–Crippen MR) is 67.0 cm³/mol. The second-order valence-corrected chi connectivity index (χ2v) is 5.46. The van der Waals surface area contributed by atoms with Crippen molar-refractivity contribution in [1.82, 2.24) is 0 Å². The van der Waals surface area contributed by atoms with Gasteiger partial charge in [-0.15, -0.1) is 0 Å². The quantitative estimate of drug-likeness (QED) is 0.821. The maximum Gasteiger partial charge on any atom is 0.231 e. The first-order chi connectivity index (χ1) is 8.72. The van der Waals surface area contributed by atoms with Gasteiger partial charge in [-0.3, -0.25) is 0 Å². The molecular formula is C14H20NO3+. The zero-order valence-electron chi connectivity index (χ0n) is 10.7. The van der Waals surface area contributed by atoms with Crippen LogP contribution >= 0.6 is 0 Å². The van der Waals surface area contributed by atoms with Crippen LogP contribution in [0.1, 0.15) is 25.3 Å². The number of benzene rings is 1. The van der Waals surface area contributed by atoms with Gasteiger partial charge in [-0.05, 0) is 18.9 Å². The highest BCUT2D eigenvalue weighted by molar-refractivity contribution is 5.50. The van der Waals surface area contributed by atoms with Crippen molar-refractivity contribution >= 4 is 0 Å². The summed E-state index contributed by atoms with van der Waals surface area (Å²) < 4.78 is 10.6. The minimum absolute atomic E-state index is 0.256. The van der Waals surface area contributed by atoms with Crippen LogP contribution in [0.4, 0.5) is 0 Å². The smallest absolute Gasteiger partial charge is 0.231 e. The second-order valence-electron chi connectivity index (χ2n) is 5.46. The zero-order valence-corrected chi connectivity index (χ0v) is 10.7. The molecule has 0 radical (unpaired) electrons. The molecule has 1 aromatic carbocycles. The van der Waals surface area contributed by atoms with E-state index in [0.717, 1.165) is 23.8 Å². The van der Waals surface area contributed by atoms with Crippen molar-refractivity contribution in [2.75, 3.05) is 19.9 Å². The number of phenolic OH excluding ortho intramolecular Hbond substituents is 1. The van der Waals surface area contributed by atoms with Crippen molar-refractivity contribution < 1.29 is 19.5 Å². The number of nitrogens with one attached hydrogen (secondary N) is 1. The van der Waals surface area contributed by atoms with Crippen LogP contribution in [0.25, 0.3) is 0 Å². The predicted octanol–water partition coefficient (Wildman–Crippen LogP) is 0.936. The number of ether oxygens (including phenoxy) is 2. The number of quaternary nitrogens is 1. The lowest BCUT2D eigenvalue weighted by Gasteiger charge is -2.28. The number of hydrogen-bond acceptors (Lipinski definition) is 3. The molecule has 0 amide bonds. The number of likely N-dealkylation sites (tertiary alicyclic amines) is 1. The summed E-state index contributed by atoms with van der Waals surface area (Å²) in [5.41, 5.74) is 0.961. The molecule has 3 rings (SSSR count). The first-order valence-electron chi connectivity index (χ1n) is 6.67. The van der Waals surface area contributed by atoms with Gasteiger partial charge in [-0.2, -0.15) is 0 Å². The molecular weight excluding hydrogens is 230 g/mol. The number of rotatable bonds is 2. The second kappa shape index (κ2) is 4.69. The average molecular weight is 250 g/mol. The highest BCUT2D eigenvalue weighted by atomic mass is 16.7. The minimum atomic E-state index is 0.256. The van der Waals surface area contributed by atoms with Crippen molar-refractivity contribution in [2.24, 2.45) is 5.92 Å². The number of fused-ring (bicyclic) bond motifs is 1. The zero-order chi connectivity index (χ0) is 12.5. The lowest BCUT2D eigenvalue weighted by atomic mass is 9.99. The van der Waals surface area contributed by atoms with E-state index in [4.69, 9.17) is 9.47 Å². The van der Waals surface area contributed by atoms with Gasteiger partial charge in [0, 0.05) is 12.0 Å². The normalized spacial score (nSPS) is 26.3. The van der Waals surface area contributed by atoms with Crippen molar-refractivity contribution in [1.29, 1.82) is 0 Å². The van der Waals surface area contributed by atoms with E-state index in [-0.39, 0.29) is 6.79 Å². The molecule has 2 atom stereocenters. The highest BCUT2D eigenvalue weighted by Gasteiger charge is 2.23. The Morgan fingerprint density at radius 2 is 2.11 bits per heavy atom. The highest BCUT2D eigenvalue weighted by Crippen LogP contribution is 2.37. The van der Waals surface area contributed by atoms with Crippen molar-refractivity contribution in [3.05, 3.63) is 17.7 Å². The Balaban J connectivity index is 1.76. The molecule has 0 aliphatic carbocycles. The fourth-order valence-electron chi connectivity index (χ4n) is 2.94. The number of piperidine rings is 1. The van der Waals surface area contributed by atoms with Gasteiger partial charge in [0.2, 0.25) is 6.79 Å². The molecule has 1 unspecified atom stereocenters. The Kier molecular flexibility index (Phi) is 3.04. The van der Waals surface area contributed by atoms with Gasteiger partial charge in [0.1, 0.15) is 12.3 Å². The molecule has 4 heteroatoms. The number of phenols is 1. The summed E-state index contributed by atoms with van der Waals surface area (Å²) in [5, 5.41) is 10.0. The van der Waals surface area contributed by atoms with Crippen LogP contribution in [-0.4, -0.2) is 25.0 Å². The average Bonchev–Trinajstić information content (AvgIpc) is 2.76. The summed E-state index contributed by atoms with van der Waals surface area (Å²) in [7, 11) is 0.